The predicted octanol–water partition coefficient (Wildman–Crippen LogP) is 1.75. The minimum atomic E-state index is -1.02. The van der Waals surface area contributed by atoms with Crippen LogP contribution in [0.15, 0.2) is 58.1 Å². The fourth-order valence-electron chi connectivity index (χ4n) is 5.04. The Balaban J connectivity index is 1.20. The summed E-state index contributed by atoms with van der Waals surface area (Å²) in [6.07, 6.45) is 1.17. The highest BCUT2D eigenvalue weighted by molar-refractivity contribution is 7.71. The summed E-state index contributed by atoms with van der Waals surface area (Å²) in [5, 5.41) is 24.4. The van der Waals surface area contributed by atoms with E-state index < -0.39 is 28.6 Å². The van der Waals surface area contributed by atoms with Crippen molar-refractivity contribution in [1.82, 2.24) is 30.2 Å². The first-order chi connectivity index (χ1) is 20.6. The van der Waals surface area contributed by atoms with Crippen LogP contribution in [0.5, 0.6) is 0 Å². The van der Waals surface area contributed by atoms with Crippen LogP contribution in [0.25, 0.3) is 5.78 Å². The van der Waals surface area contributed by atoms with Crippen LogP contribution >= 0.6 is 12.2 Å². The van der Waals surface area contributed by atoms with Crippen LogP contribution in [0.4, 0.5) is 17.1 Å². The van der Waals surface area contributed by atoms with E-state index in [9.17, 15) is 29.1 Å². The van der Waals surface area contributed by atoms with Crippen LogP contribution in [-0.2, 0) is 13.0 Å². The third kappa shape index (κ3) is 5.01. The Bertz CT molecular complexity index is 2110. The van der Waals surface area contributed by atoms with E-state index in [1.165, 1.54) is 16.5 Å². The highest BCUT2D eigenvalue weighted by Gasteiger charge is 2.27. The molecule has 2 amide bonds. The average molecular weight is 599 g/mol. The molecule has 0 unspecified atom stereocenters. The van der Waals surface area contributed by atoms with Crippen LogP contribution in [0, 0.1) is 4.77 Å². The van der Waals surface area contributed by atoms with Gasteiger partial charge in [0, 0.05) is 12.2 Å². The maximum atomic E-state index is 13.5. The zero-order chi connectivity index (χ0) is 30.4. The topological polar surface area (TPSA) is 214 Å². The first kappa shape index (κ1) is 27.5. The van der Waals surface area contributed by atoms with E-state index in [-0.39, 0.29) is 51.5 Å². The Labute approximate surface area is 246 Å². The van der Waals surface area contributed by atoms with Crippen molar-refractivity contribution in [3.05, 3.63) is 107 Å². The number of hydrogen-bond donors (Lipinski definition) is 6. The second-order valence-corrected chi connectivity index (χ2v) is 10.3. The third-order valence-corrected chi connectivity index (χ3v) is 7.50. The Hall–Kier alpha value is -5.70. The molecule has 5 aromatic rings. The average Bonchev–Trinajstić information content (AvgIpc) is 3.60. The minimum Gasteiger partial charge on any atom is -0.478 e. The smallest absolute Gasteiger partial charge is 0.335 e. The number of carboxylic acids is 1. The summed E-state index contributed by atoms with van der Waals surface area (Å²) in [7, 11) is 0. The second-order valence-electron chi connectivity index (χ2n) is 9.93. The summed E-state index contributed by atoms with van der Waals surface area (Å²) < 4.78 is 1.44. The Morgan fingerprint density at radius 3 is 2.67 bits per heavy atom. The number of aromatic carboxylic acids is 1. The molecule has 14 nitrogen and oxygen atoms in total. The molecule has 1 atom stereocenters. The number of aromatic amines is 1. The van der Waals surface area contributed by atoms with Gasteiger partial charge in [-0.3, -0.25) is 19.2 Å². The Morgan fingerprint density at radius 1 is 1.09 bits per heavy atom. The molecule has 2 aromatic heterocycles. The summed E-state index contributed by atoms with van der Waals surface area (Å²) in [6, 6.07) is 12.6. The molecule has 43 heavy (non-hydrogen) atoms. The normalized spacial score (nSPS) is 14.0. The highest BCUT2D eigenvalue weighted by Crippen LogP contribution is 2.32. The van der Waals surface area contributed by atoms with Crippen molar-refractivity contribution in [1.29, 1.82) is 0 Å². The summed E-state index contributed by atoms with van der Waals surface area (Å²) in [6.45, 7) is 0.0776. The summed E-state index contributed by atoms with van der Waals surface area (Å²) >= 11 is 5.29. The predicted molar refractivity (Wildman–Crippen MR) is 157 cm³/mol. The highest BCUT2D eigenvalue weighted by atomic mass is 32.1. The summed E-state index contributed by atoms with van der Waals surface area (Å²) in [5.41, 5.74) is 7.03. The molecule has 0 radical (unpaired) electrons. The Morgan fingerprint density at radius 2 is 1.91 bits per heavy atom. The van der Waals surface area contributed by atoms with Crippen molar-refractivity contribution in [2.45, 2.75) is 25.4 Å². The molecule has 216 valence electrons. The van der Waals surface area contributed by atoms with Gasteiger partial charge in [0.05, 0.1) is 11.6 Å². The number of amides is 2. The number of carbonyl (C=O) groups excluding carboxylic acids is 2. The molecular weight excluding hydrogens is 576 g/mol. The van der Waals surface area contributed by atoms with Gasteiger partial charge < -0.3 is 26.8 Å². The zero-order valence-electron chi connectivity index (χ0n) is 22.1. The maximum Gasteiger partial charge on any atom is 0.335 e. The number of anilines is 3. The van der Waals surface area contributed by atoms with Gasteiger partial charge in [-0.15, -0.1) is 5.10 Å². The van der Waals surface area contributed by atoms with Gasteiger partial charge in [0.2, 0.25) is 4.77 Å². The lowest BCUT2D eigenvalue weighted by Gasteiger charge is -2.15. The number of carbonyl (C=O) groups is 3. The molecule has 15 heteroatoms. The molecule has 6 rings (SSSR count). The van der Waals surface area contributed by atoms with Gasteiger partial charge in [0.15, 0.2) is 0 Å². The number of nitrogens with one attached hydrogen (secondary N) is 4. The number of nitrogen functional groups attached to an aromatic ring is 1. The molecule has 0 bridgehead atoms. The van der Waals surface area contributed by atoms with Crippen LogP contribution in [0.1, 0.15) is 60.5 Å². The molecular formula is C28H22N8O6S. The second kappa shape index (κ2) is 10.6. The molecule has 1 aliphatic carbocycles. The van der Waals surface area contributed by atoms with Crippen LogP contribution in [0.3, 0.4) is 0 Å². The Kier molecular flexibility index (Phi) is 6.78. The molecule has 7 N–H and O–H groups in total. The van der Waals surface area contributed by atoms with Crippen LogP contribution in [-0.4, -0.2) is 42.5 Å². The van der Waals surface area contributed by atoms with Gasteiger partial charge in [-0.2, -0.15) is 0 Å². The quantitative estimate of drug-likeness (QED) is 0.112. The number of aromatic nitrogens is 4. The monoisotopic (exact) mass is 598 g/mol. The fourth-order valence-corrected chi connectivity index (χ4v) is 5.27. The van der Waals surface area contributed by atoms with Crippen molar-refractivity contribution in [3.63, 3.8) is 0 Å². The maximum absolute atomic E-state index is 13.5. The van der Waals surface area contributed by atoms with Crippen LogP contribution < -0.4 is 32.5 Å². The molecule has 0 saturated carbocycles. The summed E-state index contributed by atoms with van der Waals surface area (Å²) in [4.78, 5) is 65.3. The molecule has 1 aliphatic rings. The van der Waals surface area contributed by atoms with Gasteiger partial charge in [0.1, 0.15) is 22.8 Å². The number of aryl methyl sites for hydroxylation is 1. The van der Waals surface area contributed by atoms with E-state index in [2.05, 4.69) is 31.1 Å². The van der Waals surface area contributed by atoms with Gasteiger partial charge >= 0.3 is 5.97 Å². The largest absolute Gasteiger partial charge is 0.478 e. The first-order valence-corrected chi connectivity index (χ1v) is 13.4. The number of H-pyrrole nitrogens is 1. The lowest BCUT2D eigenvalue weighted by atomic mass is 10.0. The molecule has 3 aromatic carbocycles. The number of nitrogens with zero attached hydrogens (tertiary/aromatic N) is 3. The van der Waals surface area contributed by atoms with Crippen molar-refractivity contribution >= 4 is 52.8 Å². The van der Waals surface area contributed by atoms with Gasteiger partial charge in [-0.25, -0.2) is 19.3 Å². The van der Waals surface area contributed by atoms with E-state index in [0.29, 0.717) is 24.1 Å². The fraction of sp³-hybridized carbons (Fsp3) is 0.143. The minimum absolute atomic E-state index is 0.0255. The van der Waals surface area contributed by atoms with Crippen molar-refractivity contribution < 1.29 is 19.5 Å². The van der Waals surface area contributed by atoms with E-state index in [0.717, 1.165) is 11.1 Å². The molecule has 0 aliphatic heterocycles. The van der Waals surface area contributed by atoms with E-state index in [4.69, 9.17) is 18.0 Å². The van der Waals surface area contributed by atoms with Crippen LogP contribution in [0.2, 0.25) is 0 Å². The third-order valence-electron chi connectivity index (χ3n) is 7.22. The lowest BCUT2D eigenvalue weighted by molar-refractivity contribution is 0.0696. The number of carboxylic acid groups (broad SMARTS) is 1. The van der Waals surface area contributed by atoms with Crippen molar-refractivity contribution in [2.75, 3.05) is 11.1 Å². The molecule has 2 heterocycles. The van der Waals surface area contributed by atoms with Gasteiger partial charge in [-0.05, 0) is 72.1 Å². The number of nitrogens with two attached hydrogens (primary N) is 1. The lowest BCUT2D eigenvalue weighted by Crippen LogP contribution is -2.36. The van der Waals surface area contributed by atoms with Crippen molar-refractivity contribution in [2.24, 2.45) is 0 Å². The summed E-state index contributed by atoms with van der Waals surface area (Å²) in [5.74, 6) is -2.10. The van der Waals surface area contributed by atoms with Crippen molar-refractivity contribution in [3.8, 4) is 0 Å². The number of benzene rings is 2. The molecule has 0 spiro atoms. The van der Waals surface area contributed by atoms with Gasteiger partial charge in [-0.1, -0.05) is 18.2 Å². The standard InChI is InChI=1S/C28H22N8O6S/c29-20-21(23(38)22(20)37)31-15-3-1-2-12(8-15)11-30-24(39)18-10-19(36-27(33-18)34-35-28(36)43)25(40)32-17-7-5-13-9-14(26(41)42)4-6-16(13)17/h1-4,6,8-10,17,31H,5,7,11,29H2,(H,30,39)(H,32,40)(H,35,43)(H,41,42)/t17-/m0/s1. The van der Waals surface area contributed by atoms with E-state index in [1.807, 2.05) is 0 Å². The number of hydrogen-bond acceptors (Lipinski definition) is 10. The zero-order valence-corrected chi connectivity index (χ0v) is 22.9. The van der Waals surface area contributed by atoms with Gasteiger partial charge in [0.25, 0.3) is 28.4 Å². The molecule has 0 fully saturated rings. The molecule has 0 saturated heterocycles. The SMILES string of the molecule is Nc1c(Nc2cccc(CNC(=O)c3cc(C(=O)N[C@H]4CCc5cc(C(=O)O)ccc54)n4c(=S)[nH]nc4n3)c2)c(=O)c1=O. The number of fused-ring (bicyclic) bond motifs is 2. The number of rotatable bonds is 8. The first-order valence-electron chi connectivity index (χ1n) is 13.0. The van der Waals surface area contributed by atoms with E-state index in [1.54, 1.807) is 36.4 Å². The van der Waals surface area contributed by atoms with E-state index >= 15 is 0 Å².